The van der Waals surface area contributed by atoms with E-state index in [1.807, 2.05) is 30.3 Å². The maximum Gasteiger partial charge on any atom is 0.326 e. The summed E-state index contributed by atoms with van der Waals surface area (Å²) in [6, 6.07) is 8.82. The summed E-state index contributed by atoms with van der Waals surface area (Å²) in [5.74, 6) is 0.172. The van der Waals surface area contributed by atoms with Gasteiger partial charge in [0.25, 0.3) is 5.91 Å². The molecule has 1 aromatic heterocycles. The highest BCUT2D eigenvalue weighted by Gasteiger charge is 2.52. The first kappa shape index (κ1) is 24.4. The molecule has 0 aliphatic carbocycles. The summed E-state index contributed by atoms with van der Waals surface area (Å²) in [7, 11) is 0. The van der Waals surface area contributed by atoms with Crippen LogP contribution in [0.2, 0.25) is 0 Å². The average Bonchev–Trinajstić information content (AvgIpc) is 3.55. The number of rotatable bonds is 6. The lowest BCUT2D eigenvalue weighted by Gasteiger charge is -2.45. The minimum atomic E-state index is -0.321. The zero-order chi connectivity index (χ0) is 26.2. The van der Waals surface area contributed by atoms with Crippen molar-refractivity contribution in [1.82, 2.24) is 30.8 Å². The lowest BCUT2D eigenvalue weighted by atomic mass is 9.86. The molecule has 4 aliphatic rings. The van der Waals surface area contributed by atoms with E-state index in [0.717, 1.165) is 6.42 Å². The number of hydrogen-bond donors (Lipinski definition) is 3. The average molecular weight is 534 g/mol. The standard InChI is InChI=1S/C26H27N7O4S/c1-2-19(34)32-11-9-15(14-32)30-23(35)22-21-20-18(8-10-27-24(20)38-22)33(26(36)31-21)16-12-28-25(29-13-16)37-17-6-4-3-5-7-17/h2-7,12-13,15,18,20,24,27H,1,8-11,14H2,(H,30,35)(H,31,36)/t15-,18?,20?,24?/m1/s1. The summed E-state index contributed by atoms with van der Waals surface area (Å²) < 4.78 is 5.69. The quantitative estimate of drug-likeness (QED) is 0.481. The number of nitrogens with zero attached hydrogens (tertiary/aromatic N) is 4. The fourth-order valence-electron chi connectivity index (χ4n) is 5.46. The van der Waals surface area contributed by atoms with Gasteiger partial charge in [0.15, 0.2) is 0 Å². The molecule has 4 amide bonds. The third kappa shape index (κ3) is 4.50. The van der Waals surface area contributed by atoms with Crippen molar-refractivity contribution in [2.24, 2.45) is 5.92 Å². The Balaban J connectivity index is 1.19. The van der Waals surface area contributed by atoms with Crippen molar-refractivity contribution in [3.63, 3.8) is 0 Å². The normalized spacial score (nSPS) is 26.1. The second-order valence-corrected chi connectivity index (χ2v) is 10.7. The fourth-order valence-corrected chi connectivity index (χ4v) is 6.86. The van der Waals surface area contributed by atoms with Gasteiger partial charge in [0, 0.05) is 30.7 Å². The van der Waals surface area contributed by atoms with Gasteiger partial charge in [-0.25, -0.2) is 14.8 Å². The molecule has 0 radical (unpaired) electrons. The highest BCUT2D eigenvalue weighted by atomic mass is 32.2. The van der Waals surface area contributed by atoms with Crippen molar-refractivity contribution in [2.75, 3.05) is 24.5 Å². The molecule has 2 aromatic rings. The third-order valence-corrected chi connectivity index (χ3v) is 8.56. The van der Waals surface area contributed by atoms with Gasteiger partial charge < -0.3 is 25.6 Å². The molecule has 5 heterocycles. The number of urea groups is 1. The number of thioether (sulfide) groups is 1. The summed E-state index contributed by atoms with van der Waals surface area (Å²) >= 11 is 1.44. The first-order valence-corrected chi connectivity index (χ1v) is 13.4. The van der Waals surface area contributed by atoms with Crippen LogP contribution in [0.25, 0.3) is 0 Å². The van der Waals surface area contributed by atoms with Crippen molar-refractivity contribution >= 4 is 35.3 Å². The van der Waals surface area contributed by atoms with Crippen LogP contribution in [0.3, 0.4) is 0 Å². The van der Waals surface area contributed by atoms with Gasteiger partial charge in [-0.15, -0.1) is 0 Å². The maximum absolute atomic E-state index is 13.4. The van der Waals surface area contributed by atoms with E-state index in [1.54, 1.807) is 22.2 Å². The lowest BCUT2D eigenvalue weighted by molar-refractivity contribution is -0.125. The summed E-state index contributed by atoms with van der Waals surface area (Å²) in [5, 5.41) is 9.48. The molecule has 3 saturated heterocycles. The molecule has 196 valence electrons. The number of carbonyl (C=O) groups excluding carboxylic acids is 3. The van der Waals surface area contributed by atoms with Gasteiger partial charge in [-0.3, -0.25) is 14.5 Å². The molecule has 11 nitrogen and oxygen atoms in total. The first-order valence-electron chi connectivity index (χ1n) is 12.5. The van der Waals surface area contributed by atoms with Crippen molar-refractivity contribution in [3.05, 3.63) is 66.0 Å². The second kappa shape index (κ2) is 10.1. The van der Waals surface area contributed by atoms with E-state index >= 15 is 0 Å². The molecule has 0 bridgehead atoms. The number of nitrogens with one attached hydrogen (secondary N) is 3. The van der Waals surface area contributed by atoms with E-state index in [9.17, 15) is 14.4 Å². The van der Waals surface area contributed by atoms with Gasteiger partial charge >= 0.3 is 12.0 Å². The van der Waals surface area contributed by atoms with Gasteiger partial charge in [0.2, 0.25) is 5.91 Å². The van der Waals surface area contributed by atoms with E-state index in [1.165, 1.54) is 17.8 Å². The molecule has 12 heteroatoms. The van der Waals surface area contributed by atoms with Crippen molar-refractivity contribution in [1.29, 1.82) is 0 Å². The summed E-state index contributed by atoms with van der Waals surface area (Å²) in [4.78, 5) is 51.1. The van der Waals surface area contributed by atoms with Crippen LogP contribution in [0, 0.1) is 5.92 Å². The number of benzene rings is 1. The SMILES string of the molecule is C=CC(=O)N1CC[C@@H](NC(=O)C2=C3NC(=O)N(c4cnc(Oc5ccccc5)nc4)C4CCNC(S2)C34)C1. The maximum atomic E-state index is 13.4. The number of piperidine rings is 1. The minimum absolute atomic E-state index is 0.0448. The topological polar surface area (TPSA) is 129 Å². The van der Waals surface area contributed by atoms with Gasteiger partial charge in [0.1, 0.15) is 5.75 Å². The molecule has 3 fully saturated rings. The number of amides is 4. The van der Waals surface area contributed by atoms with Gasteiger partial charge in [-0.05, 0) is 37.6 Å². The van der Waals surface area contributed by atoms with E-state index in [-0.39, 0.29) is 47.2 Å². The second-order valence-electron chi connectivity index (χ2n) is 9.50. The number of ether oxygens (including phenoxy) is 1. The van der Waals surface area contributed by atoms with Crippen molar-refractivity contribution < 1.29 is 19.1 Å². The van der Waals surface area contributed by atoms with Gasteiger partial charge in [0.05, 0.1) is 34.4 Å². The Morgan fingerprint density at radius 1 is 1.18 bits per heavy atom. The monoisotopic (exact) mass is 533 g/mol. The molecule has 38 heavy (non-hydrogen) atoms. The van der Waals surface area contributed by atoms with Crippen LogP contribution in [0.4, 0.5) is 10.5 Å². The van der Waals surface area contributed by atoms with E-state index in [4.69, 9.17) is 4.74 Å². The molecule has 0 spiro atoms. The summed E-state index contributed by atoms with van der Waals surface area (Å²) in [6.45, 7) is 5.26. The Bertz CT molecular complexity index is 1300. The molecule has 3 N–H and O–H groups in total. The smallest absolute Gasteiger partial charge is 0.326 e. The van der Waals surface area contributed by atoms with E-state index < -0.39 is 0 Å². The Morgan fingerprint density at radius 2 is 1.97 bits per heavy atom. The van der Waals surface area contributed by atoms with Crippen LogP contribution in [-0.4, -0.2) is 69.8 Å². The van der Waals surface area contributed by atoms with Crippen molar-refractivity contribution in [3.8, 4) is 11.8 Å². The predicted molar refractivity (Wildman–Crippen MR) is 141 cm³/mol. The summed E-state index contributed by atoms with van der Waals surface area (Å²) in [6.07, 6.45) is 5.86. The molecule has 0 saturated carbocycles. The molecule has 4 aliphatic heterocycles. The van der Waals surface area contributed by atoms with Crippen LogP contribution >= 0.6 is 11.8 Å². The molecular weight excluding hydrogens is 506 g/mol. The zero-order valence-corrected chi connectivity index (χ0v) is 21.3. The van der Waals surface area contributed by atoms with Crippen LogP contribution in [-0.2, 0) is 9.59 Å². The molecule has 4 atom stereocenters. The number of anilines is 1. The largest absolute Gasteiger partial charge is 0.424 e. The van der Waals surface area contributed by atoms with E-state index in [0.29, 0.717) is 48.1 Å². The molecule has 6 rings (SSSR count). The highest BCUT2D eigenvalue weighted by molar-refractivity contribution is 8.04. The third-order valence-electron chi connectivity index (χ3n) is 7.20. The number of carbonyl (C=O) groups is 3. The van der Waals surface area contributed by atoms with Gasteiger partial charge in [-0.1, -0.05) is 36.5 Å². The predicted octanol–water partition coefficient (Wildman–Crippen LogP) is 1.96. The number of para-hydroxylation sites is 1. The molecule has 1 aromatic carbocycles. The van der Waals surface area contributed by atoms with E-state index in [2.05, 4.69) is 32.5 Å². The molecular formula is C26H27N7O4S. The van der Waals surface area contributed by atoms with Crippen LogP contribution in [0.15, 0.2) is 66.0 Å². The Morgan fingerprint density at radius 3 is 2.74 bits per heavy atom. The van der Waals surface area contributed by atoms with Crippen LogP contribution < -0.4 is 25.6 Å². The number of aromatic nitrogens is 2. The minimum Gasteiger partial charge on any atom is -0.424 e. The zero-order valence-electron chi connectivity index (χ0n) is 20.5. The lowest BCUT2D eigenvalue weighted by Crippen LogP contribution is -2.62. The molecule has 3 unspecified atom stereocenters. The Labute approximate surface area is 223 Å². The van der Waals surface area contributed by atoms with Gasteiger partial charge in [-0.2, -0.15) is 0 Å². The summed E-state index contributed by atoms with van der Waals surface area (Å²) in [5.41, 5.74) is 1.21. The van der Waals surface area contributed by atoms with Crippen molar-refractivity contribution in [2.45, 2.75) is 30.3 Å². The Kier molecular flexibility index (Phi) is 6.50. The number of hydrogen-bond acceptors (Lipinski definition) is 8. The highest BCUT2D eigenvalue weighted by Crippen LogP contribution is 2.47. The number of likely N-dealkylation sites (tertiary alicyclic amines) is 1. The fraction of sp³-hybridized carbons (Fsp3) is 0.346. The first-order chi connectivity index (χ1) is 18.5. The Hall–Kier alpha value is -3.90. The van der Waals surface area contributed by atoms with Crippen LogP contribution in [0.5, 0.6) is 11.8 Å². The van der Waals surface area contributed by atoms with Crippen LogP contribution in [0.1, 0.15) is 12.8 Å².